The number of nitrogens with zero attached hydrogens (tertiary/aromatic N) is 1. The maximum Gasteiger partial charge on any atom is 0.316 e. The van der Waals surface area contributed by atoms with Crippen molar-refractivity contribution < 1.29 is 19.1 Å². The molecule has 2 unspecified atom stereocenters. The van der Waals surface area contributed by atoms with Gasteiger partial charge in [0.2, 0.25) is 6.04 Å². The van der Waals surface area contributed by atoms with Gasteiger partial charge in [-0.15, -0.1) is 0 Å². The number of esters is 2. The number of hydrogen-bond donors (Lipinski definition) is 0. The van der Waals surface area contributed by atoms with E-state index in [1.807, 2.05) is 6.92 Å². The molecule has 94 valence electrons. The van der Waals surface area contributed by atoms with Crippen LogP contribution in [-0.4, -0.2) is 24.3 Å². The number of hydrogen-bond acceptors (Lipinski definition) is 4. The molecule has 1 heterocycles. The maximum atomic E-state index is 11.8. The second-order valence-corrected chi connectivity index (χ2v) is 4.78. The molecule has 0 aromatic rings. The van der Waals surface area contributed by atoms with Gasteiger partial charge in [0.15, 0.2) is 0 Å². The summed E-state index contributed by atoms with van der Waals surface area (Å²) in [7, 11) is 0. The Morgan fingerprint density at radius 1 is 1.65 bits per heavy atom. The quantitative estimate of drug-likeness (QED) is 0.557. The van der Waals surface area contributed by atoms with Crippen LogP contribution in [0.2, 0.25) is 0 Å². The van der Waals surface area contributed by atoms with E-state index in [2.05, 4.69) is 4.85 Å². The molecule has 0 aliphatic carbocycles. The van der Waals surface area contributed by atoms with E-state index < -0.39 is 29.7 Å². The van der Waals surface area contributed by atoms with E-state index in [0.29, 0.717) is 6.42 Å². The summed E-state index contributed by atoms with van der Waals surface area (Å²) in [6.07, 6.45) is 0.0718. The Morgan fingerprint density at radius 3 is 2.82 bits per heavy atom. The maximum absolute atomic E-state index is 11.8. The van der Waals surface area contributed by atoms with Crippen LogP contribution in [-0.2, 0) is 19.1 Å². The van der Waals surface area contributed by atoms with E-state index in [9.17, 15) is 9.59 Å². The first-order valence-corrected chi connectivity index (χ1v) is 5.66. The zero-order valence-corrected chi connectivity index (χ0v) is 10.4. The van der Waals surface area contributed by atoms with Gasteiger partial charge in [0.1, 0.15) is 6.42 Å². The van der Waals surface area contributed by atoms with Crippen molar-refractivity contribution in [1.29, 1.82) is 0 Å². The Balaban J connectivity index is 2.60. The van der Waals surface area contributed by atoms with Gasteiger partial charge in [-0.25, -0.2) is 6.57 Å². The first-order chi connectivity index (χ1) is 7.89. The SMILES string of the molecule is [C-]#[N+]C1CC(=O)OC(OC(=O)C(C)(C)CC)C1. The van der Waals surface area contributed by atoms with Gasteiger partial charge in [-0.2, -0.15) is 0 Å². The minimum atomic E-state index is -0.909. The average Bonchev–Trinajstić information content (AvgIpc) is 2.28. The first kappa shape index (κ1) is 13.5. The summed E-state index contributed by atoms with van der Waals surface area (Å²) in [5, 5.41) is 0. The highest BCUT2D eigenvalue weighted by molar-refractivity contribution is 5.76. The lowest BCUT2D eigenvalue weighted by Crippen LogP contribution is -2.37. The molecule has 1 rings (SSSR count). The van der Waals surface area contributed by atoms with Gasteiger partial charge in [-0.1, -0.05) is 6.92 Å². The van der Waals surface area contributed by atoms with Gasteiger partial charge in [0, 0.05) is 0 Å². The Bertz CT molecular complexity index is 356. The van der Waals surface area contributed by atoms with Crippen LogP contribution in [0.25, 0.3) is 4.85 Å². The summed E-state index contributed by atoms with van der Waals surface area (Å²) in [4.78, 5) is 26.3. The van der Waals surface area contributed by atoms with Crippen molar-refractivity contribution in [2.75, 3.05) is 0 Å². The molecular formula is C12H17NO4. The highest BCUT2D eigenvalue weighted by atomic mass is 16.7. The van der Waals surface area contributed by atoms with Crippen LogP contribution in [0, 0.1) is 12.0 Å². The van der Waals surface area contributed by atoms with Crippen molar-refractivity contribution >= 4 is 11.9 Å². The van der Waals surface area contributed by atoms with Gasteiger partial charge in [-0.05, 0) is 20.3 Å². The molecule has 1 aliphatic heterocycles. The summed E-state index contributed by atoms with van der Waals surface area (Å²) < 4.78 is 10.0. The highest BCUT2D eigenvalue weighted by Gasteiger charge is 2.37. The summed E-state index contributed by atoms with van der Waals surface area (Å²) in [6.45, 7) is 12.3. The number of ether oxygens (including phenoxy) is 2. The molecule has 0 radical (unpaired) electrons. The van der Waals surface area contributed by atoms with Gasteiger partial charge in [0.05, 0.1) is 11.8 Å². The fourth-order valence-electron chi connectivity index (χ4n) is 1.33. The van der Waals surface area contributed by atoms with E-state index in [0.717, 1.165) is 0 Å². The molecule has 1 fully saturated rings. The molecule has 0 amide bonds. The van der Waals surface area contributed by atoms with Crippen LogP contribution in [0.4, 0.5) is 0 Å². The third kappa shape index (κ3) is 3.45. The number of carbonyl (C=O) groups is 2. The van der Waals surface area contributed by atoms with Crippen LogP contribution < -0.4 is 0 Å². The summed E-state index contributed by atoms with van der Waals surface area (Å²) in [6, 6.07) is -0.446. The fraction of sp³-hybridized carbons (Fsp3) is 0.750. The smallest absolute Gasteiger partial charge is 0.316 e. The second kappa shape index (κ2) is 5.17. The van der Waals surface area contributed by atoms with Crippen LogP contribution in [0.1, 0.15) is 40.0 Å². The largest absolute Gasteiger partial charge is 0.425 e. The van der Waals surface area contributed by atoms with Gasteiger partial charge < -0.3 is 14.3 Å². The normalized spacial score (nSPS) is 24.7. The molecular weight excluding hydrogens is 222 g/mol. The monoisotopic (exact) mass is 239 g/mol. The molecule has 0 N–H and O–H groups in total. The van der Waals surface area contributed by atoms with Crippen molar-refractivity contribution in [1.82, 2.24) is 0 Å². The van der Waals surface area contributed by atoms with Crippen molar-refractivity contribution in [3.8, 4) is 0 Å². The van der Waals surface area contributed by atoms with E-state index in [-0.39, 0.29) is 12.8 Å². The van der Waals surface area contributed by atoms with Crippen molar-refractivity contribution in [2.45, 2.75) is 52.4 Å². The molecule has 0 bridgehead atoms. The highest BCUT2D eigenvalue weighted by Crippen LogP contribution is 2.25. The van der Waals surface area contributed by atoms with Crippen molar-refractivity contribution in [3.63, 3.8) is 0 Å². The van der Waals surface area contributed by atoms with Crippen LogP contribution in [0.3, 0.4) is 0 Å². The Labute approximate surface area is 101 Å². The molecule has 2 atom stereocenters. The Kier molecular flexibility index (Phi) is 4.11. The molecule has 17 heavy (non-hydrogen) atoms. The molecule has 0 saturated carbocycles. The van der Waals surface area contributed by atoms with Gasteiger partial charge in [0.25, 0.3) is 6.29 Å². The molecule has 1 saturated heterocycles. The van der Waals surface area contributed by atoms with Gasteiger partial charge >= 0.3 is 11.9 Å². The minimum absolute atomic E-state index is 0.0781. The molecule has 1 aliphatic rings. The van der Waals surface area contributed by atoms with Crippen LogP contribution in [0.5, 0.6) is 0 Å². The second-order valence-electron chi connectivity index (χ2n) is 4.78. The Hall–Kier alpha value is -1.57. The number of cyclic esters (lactones) is 1. The molecule has 0 spiro atoms. The Morgan fingerprint density at radius 2 is 2.29 bits per heavy atom. The molecule has 5 heteroatoms. The summed E-state index contributed by atoms with van der Waals surface area (Å²) in [5.74, 6) is -0.882. The van der Waals surface area contributed by atoms with E-state index >= 15 is 0 Å². The van der Waals surface area contributed by atoms with Crippen molar-refractivity contribution in [2.24, 2.45) is 5.41 Å². The summed E-state index contributed by atoms with van der Waals surface area (Å²) >= 11 is 0. The van der Waals surface area contributed by atoms with Crippen LogP contribution in [0.15, 0.2) is 0 Å². The fourth-order valence-corrected chi connectivity index (χ4v) is 1.33. The zero-order chi connectivity index (χ0) is 13.1. The molecule has 0 aromatic heterocycles. The molecule has 5 nitrogen and oxygen atoms in total. The van der Waals surface area contributed by atoms with Gasteiger partial charge in [-0.3, -0.25) is 9.59 Å². The van der Waals surface area contributed by atoms with Crippen LogP contribution >= 0.6 is 0 Å². The lowest BCUT2D eigenvalue weighted by molar-refractivity contribution is -0.201. The lowest BCUT2D eigenvalue weighted by Gasteiger charge is -2.27. The first-order valence-electron chi connectivity index (χ1n) is 5.66. The lowest BCUT2D eigenvalue weighted by atomic mass is 9.90. The van der Waals surface area contributed by atoms with E-state index in [1.165, 1.54) is 0 Å². The van der Waals surface area contributed by atoms with E-state index in [4.69, 9.17) is 16.0 Å². The minimum Gasteiger partial charge on any atom is -0.425 e. The van der Waals surface area contributed by atoms with E-state index in [1.54, 1.807) is 13.8 Å². The topological polar surface area (TPSA) is 57.0 Å². The van der Waals surface area contributed by atoms with Crippen molar-refractivity contribution in [3.05, 3.63) is 11.4 Å². The zero-order valence-electron chi connectivity index (χ0n) is 10.4. The average molecular weight is 239 g/mol. The molecule has 0 aromatic carbocycles. The predicted octanol–water partition coefficient (Wildman–Crippen LogP) is 1.92. The number of rotatable bonds is 3. The third-order valence-electron chi connectivity index (χ3n) is 2.99. The third-order valence-corrected chi connectivity index (χ3v) is 2.99. The standard InChI is InChI=1S/C12H17NO4/c1-5-12(2,3)11(15)17-10-7-8(13-4)6-9(14)16-10/h8,10H,5-7H2,1-3H3. The summed E-state index contributed by atoms with van der Waals surface area (Å²) in [5.41, 5.74) is -0.600. The predicted molar refractivity (Wildman–Crippen MR) is 59.7 cm³/mol. The number of carbonyl (C=O) groups excluding carboxylic acids is 2.